The van der Waals surface area contributed by atoms with E-state index in [0.29, 0.717) is 12.4 Å². The summed E-state index contributed by atoms with van der Waals surface area (Å²) in [7, 11) is 0. The number of nitrogens with two attached hydrogens (primary N) is 1. The van der Waals surface area contributed by atoms with E-state index in [-0.39, 0.29) is 12.5 Å². The summed E-state index contributed by atoms with van der Waals surface area (Å²) in [6, 6.07) is 0. The molecule has 0 saturated carbocycles. The minimum Gasteiger partial charge on any atom is -0.312 e. The SMILES string of the molecule is NNCC1=NCC(=O)N1. The van der Waals surface area contributed by atoms with Crippen LogP contribution in [0.5, 0.6) is 0 Å². The molecule has 0 radical (unpaired) electrons. The molecule has 0 aliphatic carbocycles. The van der Waals surface area contributed by atoms with Gasteiger partial charge in [0.2, 0.25) is 5.91 Å². The molecule has 0 spiro atoms. The fraction of sp³-hybridized carbons (Fsp3) is 0.500. The molecule has 0 bridgehead atoms. The summed E-state index contributed by atoms with van der Waals surface area (Å²) in [5.41, 5.74) is 2.38. The van der Waals surface area contributed by atoms with E-state index in [2.05, 4.69) is 15.7 Å². The van der Waals surface area contributed by atoms with Crippen molar-refractivity contribution in [2.75, 3.05) is 13.1 Å². The number of carbonyl (C=O) groups excluding carboxylic acids is 1. The molecule has 1 rings (SSSR count). The van der Waals surface area contributed by atoms with Crippen LogP contribution in [0.25, 0.3) is 0 Å². The van der Waals surface area contributed by atoms with Crippen molar-refractivity contribution in [3.8, 4) is 0 Å². The number of amides is 1. The van der Waals surface area contributed by atoms with Gasteiger partial charge in [-0.3, -0.25) is 21.1 Å². The molecule has 5 nitrogen and oxygen atoms in total. The lowest BCUT2D eigenvalue weighted by Gasteiger charge is -1.96. The molecule has 0 saturated heterocycles. The maximum absolute atomic E-state index is 10.4. The molecule has 0 atom stereocenters. The Morgan fingerprint density at radius 2 is 2.67 bits per heavy atom. The van der Waals surface area contributed by atoms with Crippen LogP contribution >= 0.6 is 0 Å². The van der Waals surface area contributed by atoms with Crippen LogP contribution in [-0.2, 0) is 4.79 Å². The molecule has 0 unspecified atom stereocenters. The highest BCUT2D eigenvalue weighted by molar-refractivity contribution is 6.04. The van der Waals surface area contributed by atoms with Gasteiger partial charge in [-0.15, -0.1) is 0 Å². The molecular formula is C4H8N4O. The number of hydrogen-bond donors (Lipinski definition) is 3. The highest BCUT2D eigenvalue weighted by Crippen LogP contribution is 1.83. The predicted molar refractivity (Wildman–Crippen MR) is 32.6 cm³/mol. The van der Waals surface area contributed by atoms with Crippen molar-refractivity contribution >= 4 is 11.7 Å². The molecule has 1 amide bonds. The van der Waals surface area contributed by atoms with Crippen LogP contribution in [0.15, 0.2) is 4.99 Å². The number of aliphatic imine (C=N–C) groups is 1. The van der Waals surface area contributed by atoms with E-state index in [1.807, 2.05) is 0 Å². The molecule has 9 heavy (non-hydrogen) atoms. The quantitative estimate of drug-likeness (QED) is 0.296. The first-order valence-corrected chi connectivity index (χ1v) is 2.59. The highest BCUT2D eigenvalue weighted by atomic mass is 16.2. The van der Waals surface area contributed by atoms with Crippen molar-refractivity contribution in [2.24, 2.45) is 10.8 Å². The average Bonchev–Trinajstić information content (AvgIpc) is 2.17. The summed E-state index contributed by atoms with van der Waals surface area (Å²) in [5.74, 6) is 5.52. The second-order valence-electron chi connectivity index (χ2n) is 1.69. The van der Waals surface area contributed by atoms with Gasteiger partial charge in [0.05, 0.1) is 6.54 Å². The lowest BCUT2D eigenvalue weighted by atomic mass is 10.6. The number of nitrogens with zero attached hydrogens (tertiary/aromatic N) is 1. The number of nitrogens with one attached hydrogen (secondary N) is 2. The third-order valence-corrected chi connectivity index (χ3v) is 0.967. The number of hydrogen-bond acceptors (Lipinski definition) is 4. The fourth-order valence-corrected chi connectivity index (χ4v) is 0.604. The third-order valence-electron chi connectivity index (χ3n) is 0.967. The summed E-state index contributed by atoms with van der Waals surface area (Å²) in [4.78, 5) is 14.3. The van der Waals surface area contributed by atoms with Crippen molar-refractivity contribution in [3.63, 3.8) is 0 Å². The molecule has 50 valence electrons. The van der Waals surface area contributed by atoms with Crippen molar-refractivity contribution in [1.29, 1.82) is 0 Å². The zero-order valence-electron chi connectivity index (χ0n) is 4.85. The number of carbonyl (C=O) groups is 1. The van der Waals surface area contributed by atoms with Crippen LogP contribution in [0.2, 0.25) is 0 Å². The van der Waals surface area contributed by atoms with E-state index < -0.39 is 0 Å². The first kappa shape index (κ1) is 6.18. The van der Waals surface area contributed by atoms with Crippen LogP contribution in [0.4, 0.5) is 0 Å². The Morgan fingerprint density at radius 1 is 1.89 bits per heavy atom. The largest absolute Gasteiger partial charge is 0.312 e. The molecule has 0 aromatic rings. The minimum absolute atomic E-state index is 0.0692. The number of amidine groups is 1. The van der Waals surface area contributed by atoms with Crippen LogP contribution in [-0.4, -0.2) is 24.8 Å². The van der Waals surface area contributed by atoms with E-state index in [0.717, 1.165) is 0 Å². The Bertz CT molecular complexity index is 153. The molecule has 1 heterocycles. The van der Waals surface area contributed by atoms with Gasteiger partial charge in [-0.05, 0) is 0 Å². The van der Waals surface area contributed by atoms with Crippen molar-refractivity contribution in [1.82, 2.24) is 10.7 Å². The Morgan fingerprint density at radius 3 is 3.11 bits per heavy atom. The van der Waals surface area contributed by atoms with Gasteiger partial charge in [0.15, 0.2) is 0 Å². The van der Waals surface area contributed by atoms with Crippen molar-refractivity contribution in [2.45, 2.75) is 0 Å². The second kappa shape index (κ2) is 2.56. The topological polar surface area (TPSA) is 79.5 Å². The van der Waals surface area contributed by atoms with E-state index in [1.54, 1.807) is 0 Å². The maximum atomic E-state index is 10.4. The predicted octanol–water partition coefficient (Wildman–Crippen LogP) is -2.02. The van der Waals surface area contributed by atoms with Gasteiger partial charge >= 0.3 is 0 Å². The minimum atomic E-state index is -0.0692. The van der Waals surface area contributed by atoms with Crippen LogP contribution in [0, 0.1) is 0 Å². The molecule has 1 aliphatic heterocycles. The van der Waals surface area contributed by atoms with Crippen molar-refractivity contribution < 1.29 is 4.79 Å². The zero-order chi connectivity index (χ0) is 6.69. The Kier molecular flexibility index (Phi) is 1.76. The molecule has 1 aliphatic rings. The first-order chi connectivity index (χ1) is 4.33. The van der Waals surface area contributed by atoms with Crippen molar-refractivity contribution in [3.05, 3.63) is 0 Å². The van der Waals surface area contributed by atoms with Gasteiger partial charge in [0, 0.05) is 0 Å². The smallest absolute Gasteiger partial charge is 0.247 e. The van der Waals surface area contributed by atoms with Crippen LogP contribution in [0.3, 0.4) is 0 Å². The monoisotopic (exact) mass is 128 g/mol. The average molecular weight is 128 g/mol. The molecular weight excluding hydrogens is 120 g/mol. The standard InChI is InChI=1S/C4H8N4O/c5-7-1-3-6-2-4(9)8-3/h7H,1-2,5H2,(H,6,8,9). The summed E-state index contributed by atoms with van der Waals surface area (Å²) in [6.45, 7) is 0.656. The van der Waals surface area contributed by atoms with E-state index in [4.69, 9.17) is 5.84 Å². The first-order valence-electron chi connectivity index (χ1n) is 2.59. The number of rotatable bonds is 2. The molecule has 0 aromatic carbocycles. The Labute approximate surface area is 52.3 Å². The lowest BCUT2D eigenvalue weighted by molar-refractivity contribution is -0.117. The van der Waals surface area contributed by atoms with Gasteiger partial charge < -0.3 is 5.32 Å². The normalized spacial score (nSPS) is 17.4. The fourth-order valence-electron chi connectivity index (χ4n) is 0.604. The second-order valence-corrected chi connectivity index (χ2v) is 1.69. The molecule has 5 heteroatoms. The summed E-state index contributed by atoms with van der Waals surface area (Å²) < 4.78 is 0. The zero-order valence-corrected chi connectivity index (χ0v) is 4.85. The molecule has 4 N–H and O–H groups in total. The lowest BCUT2D eigenvalue weighted by Crippen LogP contribution is -2.36. The highest BCUT2D eigenvalue weighted by Gasteiger charge is 2.10. The molecule has 0 fully saturated rings. The maximum Gasteiger partial charge on any atom is 0.247 e. The van der Waals surface area contributed by atoms with Gasteiger partial charge in [-0.2, -0.15) is 0 Å². The Balaban J connectivity index is 2.36. The van der Waals surface area contributed by atoms with E-state index in [9.17, 15) is 4.79 Å². The number of hydrazine groups is 1. The summed E-state index contributed by atoms with van der Waals surface area (Å²) in [6.07, 6.45) is 0. The third kappa shape index (κ3) is 1.48. The summed E-state index contributed by atoms with van der Waals surface area (Å²) >= 11 is 0. The van der Waals surface area contributed by atoms with Crippen LogP contribution in [0.1, 0.15) is 0 Å². The van der Waals surface area contributed by atoms with Gasteiger partial charge in [-0.1, -0.05) is 0 Å². The van der Waals surface area contributed by atoms with Crippen LogP contribution < -0.4 is 16.6 Å². The van der Waals surface area contributed by atoms with E-state index >= 15 is 0 Å². The van der Waals surface area contributed by atoms with E-state index in [1.165, 1.54) is 0 Å². The molecule has 0 aromatic heterocycles. The summed E-state index contributed by atoms with van der Waals surface area (Å²) in [5, 5.41) is 2.52. The van der Waals surface area contributed by atoms with Gasteiger partial charge in [0.1, 0.15) is 12.4 Å². The van der Waals surface area contributed by atoms with Gasteiger partial charge in [-0.25, -0.2) is 0 Å². The Hall–Kier alpha value is -0.940. The van der Waals surface area contributed by atoms with Gasteiger partial charge in [0.25, 0.3) is 0 Å².